The largest absolute Gasteiger partial charge is 0.444 e. The summed E-state index contributed by atoms with van der Waals surface area (Å²) in [4.78, 5) is 11.6. The first-order valence-corrected chi connectivity index (χ1v) is 7.38. The van der Waals surface area contributed by atoms with Crippen molar-refractivity contribution in [3.05, 3.63) is 0 Å². The van der Waals surface area contributed by atoms with Crippen molar-refractivity contribution < 1.29 is 9.53 Å². The molecule has 0 aromatic carbocycles. The fourth-order valence-corrected chi connectivity index (χ4v) is 2.67. The van der Waals surface area contributed by atoms with Gasteiger partial charge in [0.25, 0.3) is 0 Å². The summed E-state index contributed by atoms with van der Waals surface area (Å²) in [5, 5.41) is 9.97. The van der Waals surface area contributed by atoms with Crippen molar-refractivity contribution in [2.45, 2.75) is 70.2 Å². The minimum Gasteiger partial charge on any atom is -0.444 e. The predicted molar refractivity (Wildman–Crippen MR) is 75.2 cm³/mol. The lowest BCUT2D eigenvalue weighted by molar-refractivity contribution is 0.0462. The maximum atomic E-state index is 11.6. The van der Waals surface area contributed by atoms with Gasteiger partial charge in [0.05, 0.1) is 0 Å². The zero-order chi connectivity index (χ0) is 13.9. The van der Waals surface area contributed by atoms with Crippen molar-refractivity contribution in [3.63, 3.8) is 0 Å². The highest BCUT2D eigenvalue weighted by Gasteiger charge is 2.32. The highest BCUT2D eigenvalue weighted by Crippen LogP contribution is 2.22. The van der Waals surface area contributed by atoms with Gasteiger partial charge in [-0.3, -0.25) is 0 Å². The van der Waals surface area contributed by atoms with E-state index in [4.69, 9.17) is 4.74 Å². The third-order valence-electron chi connectivity index (χ3n) is 3.67. The number of alkyl carbamates (subject to hydrolysis) is 1. The number of carbonyl (C=O) groups excluding carboxylic acids is 1. The maximum Gasteiger partial charge on any atom is 0.407 e. The van der Waals surface area contributed by atoms with Gasteiger partial charge in [0.2, 0.25) is 0 Å². The molecule has 1 saturated carbocycles. The van der Waals surface area contributed by atoms with Gasteiger partial charge in [0.1, 0.15) is 5.60 Å². The monoisotopic (exact) mass is 269 g/mol. The van der Waals surface area contributed by atoms with Crippen LogP contribution in [0.15, 0.2) is 0 Å². The third-order valence-corrected chi connectivity index (χ3v) is 3.67. The summed E-state index contributed by atoms with van der Waals surface area (Å²) < 4.78 is 5.25. The van der Waals surface area contributed by atoms with Crippen LogP contribution in [0.2, 0.25) is 0 Å². The molecule has 2 aliphatic rings. The Morgan fingerprint density at radius 2 is 1.74 bits per heavy atom. The van der Waals surface area contributed by atoms with Crippen molar-refractivity contribution in [2.24, 2.45) is 0 Å². The second-order valence-corrected chi connectivity index (χ2v) is 6.70. The van der Waals surface area contributed by atoms with E-state index in [9.17, 15) is 4.79 Å². The van der Waals surface area contributed by atoms with Crippen LogP contribution < -0.4 is 16.0 Å². The average Bonchev–Trinajstić information content (AvgIpc) is 2.25. The quantitative estimate of drug-likeness (QED) is 0.724. The molecule has 0 radical (unpaired) electrons. The Balaban J connectivity index is 1.59. The topological polar surface area (TPSA) is 62.4 Å². The van der Waals surface area contributed by atoms with Crippen molar-refractivity contribution in [1.29, 1.82) is 0 Å². The number of amides is 1. The molecule has 1 heterocycles. The molecule has 1 aliphatic carbocycles. The van der Waals surface area contributed by atoms with E-state index >= 15 is 0 Å². The molecule has 1 saturated heterocycles. The SMILES string of the molecule is CC(C)(C)OC(=O)NC1CC(NC2CCNCC2)C1. The van der Waals surface area contributed by atoms with E-state index < -0.39 is 5.60 Å². The molecule has 0 atom stereocenters. The molecule has 0 unspecified atom stereocenters. The van der Waals surface area contributed by atoms with Crippen LogP contribution in [0.5, 0.6) is 0 Å². The van der Waals surface area contributed by atoms with Gasteiger partial charge in [-0.2, -0.15) is 0 Å². The summed E-state index contributed by atoms with van der Waals surface area (Å²) in [6.07, 6.45) is 4.16. The lowest BCUT2D eigenvalue weighted by Gasteiger charge is -2.39. The number of nitrogens with one attached hydrogen (secondary N) is 3. The van der Waals surface area contributed by atoms with Gasteiger partial charge in [-0.25, -0.2) is 4.79 Å². The summed E-state index contributed by atoms with van der Waals surface area (Å²) in [6.45, 7) is 7.88. The molecule has 2 fully saturated rings. The van der Waals surface area contributed by atoms with E-state index in [1.54, 1.807) is 0 Å². The Morgan fingerprint density at radius 3 is 2.32 bits per heavy atom. The molecule has 110 valence electrons. The normalized spacial score (nSPS) is 28.6. The molecular formula is C14H27N3O2. The summed E-state index contributed by atoms with van der Waals surface area (Å²) in [5.74, 6) is 0. The van der Waals surface area contributed by atoms with E-state index in [1.165, 1.54) is 12.8 Å². The van der Waals surface area contributed by atoms with Crippen LogP contribution in [0.3, 0.4) is 0 Å². The smallest absolute Gasteiger partial charge is 0.407 e. The molecule has 5 nitrogen and oxygen atoms in total. The summed E-state index contributed by atoms with van der Waals surface area (Å²) >= 11 is 0. The molecule has 2 rings (SSSR count). The third kappa shape index (κ3) is 4.99. The highest BCUT2D eigenvalue weighted by molar-refractivity contribution is 5.68. The Morgan fingerprint density at radius 1 is 1.11 bits per heavy atom. The molecule has 5 heteroatoms. The summed E-state index contributed by atoms with van der Waals surface area (Å²) in [7, 11) is 0. The number of ether oxygens (including phenoxy) is 1. The van der Waals surface area contributed by atoms with Gasteiger partial charge in [0, 0.05) is 18.1 Å². The summed E-state index contributed by atoms with van der Waals surface area (Å²) in [5.41, 5.74) is -0.416. The first-order chi connectivity index (χ1) is 8.92. The lowest BCUT2D eigenvalue weighted by Crippen LogP contribution is -2.56. The van der Waals surface area contributed by atoms with Crippen molar-refractivity contribution in [3.8, 4) is 0 Å². The Kier molecular flexibility index (Phi) is 4.68. The molecular weight excluding hydrogens is 242 g/mol. The van der Waals surface area contributed by atoms with Crippen molar-refractivity contribution in [2.75, 3.05) is 13.1 Å². The number of hydrogen-bond acceptors (Lipinski definition) is 4. The van der Waals surface area contributed by atoms with Crippen LogP contribution in [-0.4, -0.2) is 42.9 Å². The zero-order valence-corrected chi connectivity index (χ0v) is 12.3. The van der Waals surface area contributed by atoms with Crippen molar-refractivity contribution >= 4 is 6.09 Å². The van der Waals surface area contributed by atoms with Gasteiger partial charge < -0.3 is 20.7 Å². The molecule has 0 spiro atoms. The van der Waals surface area contributed by atoms with E-state index in [-0.39, 0.29) is 12.1 Å². The molecule has 19 heavy (non-hydrogen) atoms. The van der Waals surface area contributed by atoms with Gasteiger partial charge in [-0.15, -0.1) is 0 Å². The van der Waals surface area contributed by atoms with Crippen molar-refractivity contribution in [1.82, 2.24) is 16.0 Å². The zero-order valence-electron chi connectivity index (χ0n) is 12.3. The van der Waals surface area contributed by atoms with Gasteiger partial charge in [-0.05, 0) is 59.5 Å². The fraction of sp³-hybridized carbons (Fsp3) is 0.929. The standard InChI is InChI=1S/C14H27N3O2/c1-14(2,3)19-13(18)17-12-8-11(9-12)16-10-4-6-15-7-5-10/h10-12,15-16H,4-9H2,1-3H3,(H,17,18). The molecule has 0 aromatic rings. The first kappa shape index (κ1) is 14.6. The average molecular weight is 269 g/mol. The van der Waals surface area contributed by atoms with Crippen LogP contribution >= 0.6 is 0 Å². The minimum absolute atomic E-state index is 0.272. The van der Waals surface area contributed by atoms with Crippen LogP contribution in [-0.2, 0) is 4.74 Å². The van der Waals surface area contributed by atoms with Crippen LogP contribution in [0, 0.1) is 0 Å². The van der Waals surface area contributed by atoms with E-state index in [1.807, 2.05) is 20.8 Å². The van der Waals surface area contributed by atoms with Crippen LogP contribution in [0.1, 0.15) is 46.5 Å². The minimum atomic E-state index is -0.416. The number of carbonyl (C=O) groups is 1. The lowest BCUT2D eigenvalue weighted by atomic mass is 9.85. The maximum absolute atomic E-state index is 11.6. The fourth-order valence-electron chi connectivity index (χ4n) is 2.67. The van der Waals surface area contributed by atoms with Gasteiger partial charge in [-0.1, -0.05) is 0 Å². The Hall–Kier alpha value is -0.810. The Labute approximate surface area is 115 Å². The highest BCUT2D eigenvalue weighted by atomic mass is 16.6. The Bertz CT molecular complexity index is 302. The molecule has 1 aliphatic heterocycles. The molecule has 1 amide bonds. The van der Waals surface area contributed by atoms with Gasteiger partial charge in [0.15, 0.2) is 0 Å². The number of rotatable bonds is 3. The molecule has 0 aromatic heterocycles. The number of piperidine rings is 1. The van der Waals surface area contributed by atoms with E-state index in [0.29, 0.717) is 12.1 Å². The predicted octanol–water partition coefficient (Wildman–Crippen LogP) is 1.38. The van der Waals surface area contributed by atoms with Crippen LogP contribution in [0.25, 0.3) is 0 Å². The molecule has 0 bridgehead atoms. The number of hydrogen-bond donors (Lipinski definition) is 3. The van der Waals surface area contributed by atoms with E-state index in [2.05, 4.69) is 16.0 Å². The second-order valence-electron chi connectivity index (χ2n) is 6.70. The summed E-state index contributed by atoms with van der Waals surface area (Å²) in [6, 6.07) is 1.48. The second kappa shape index (κ2) is 6.09. The molecule has 3 N–H and O–H groups in total. The van der Waals surface area contributed by atoms with E-state index in [0.717, 1.165) is 25.9 Å². The van der Waals surface area contributed by atoms with Gasteiger partial charge >= 0.3 is 6.09 Å². The first-order valence-electron chi connectivity index (χ1n) is 7.38. The van der Waals surface area contributed by atoms with Crippen LogP contribution in [0.4, 0.5) is 4.79 Å².